The summed E-state index contributed by atoms with van der Waals surface area (Å²) in [6, 6.07) is 12.5. The van der Waals surface area contributed by atoms with Gasteiger partial charge >= 0.3 is 0 Å². The van der Waals surface area contributed by atoms with E-state index in [2.05, 4.69) is 21.3 Å². The number of benzene rings is 3. The minimum absolute atomic E-state index is 0.237. The van der Waals surface area contributed by atoms with Crippen molar-refractivity contribution >= 4 is 69.9 Å². The molecule has 324 valence electrons. The van der Waals surface area contributed by atoms with Crippen molar-refractivity contribution in [3.8, 4) is 0 Å². The molecule has 0 aliphatic rings. The molecule has 16 N–H and O–H groups in total. The van der Waals surface area contributed by atoms with Crippen molar-refractivity contribution in [1.82, 2.24) is 0 Å². The molecule has 0 aliphatic heterocycles. The smallest absolute Gasteiger partial charge is 0.255 e. The summed E-state index contributed by atoms with van der Waals surface area (Å²) in [5.74, 6) is -0.571. The summed E-state index contributed by atoms with van der Waals surface area (Å²) in [4.78, 5) is 55.8. The minimum Gasteiger partial charge on any atom is -0.330 e. The largest absolute Gasteiger partial charge is 0.330 e. The Morgan fingerprint density at radius 3 is 1.27 bits per heavy atom. The van der Waals surface area contributed by atoms with Gasteiger partial charge in [-0.15, -0.1) is 23.5 Å². The predicted octanol–water partition coefficient (Wildman–Crippen LogP) is 5.29. The van der Waals surface area contributed by atoms with E-state index in [4.69, 9.17) is 34.4 Å². The molecule has 0 saturated heterocycles. The number of hydrogen-bond donors (Lipinski definition) is 10. The Kier molecular flexibility index (Phi) is 19.3. The summed E-state index contributed by atoms with van der Waals surface area (Å²) < 4.78 is 0. The van der Waals surface area contributed by atoms with Crippen LogP contribution in [0.1, 0.15) is 105 Å². The average molecular weight is 851 g/mol. The van der Waals surface area contributed by atoms with Crippen LogP contribution >= 0.6 is 23.5 Å². The Morgan fingerprint density at radius 1 is 0.542 bits per heavy atom. The maximum absolute atomic E-state index is 14.1. The Balaban J connectivity index is 2.02. The predicted molar refractivity (Wildman–Crippen MR) is 247 cm³/mol. The number of nitrogens with two attached hydrogens (primary N) is 6. The number of unbranched alkanes of at least 4 members (excludes halogenated alkanes) is 1. The van der Waals surface area contributed by atoms with Crippen LogP contribution in [0.25, 0.3) is 0 Å². The lowest BCUT2D eigenvalue weighted by Crippen LogP contribution is -2.36. The lowest BCUT2D eigenvalue weighted by Gasteiger charge is -2.25. The molecule has 3 aromatic rings. The van der Waals surface area contributed by atoms with E-state index in [0.29, 0.717) is 89.5 Å². The van der Waals surface area contributed by atoms with Crippen molar-refractivity contribution in [1.29, 1.82) is 0 Å². The van der Waals surface area contributed by atoms with Crippen LogP contribution < -0.4 is 55.7 Å². The van der Waals surface area contributed by atoms with Crippen molar-refractivity contribution in [2.75, 3.05) is 59.0 Å². The third-order valence-electron chi connectivity index (χ3n) is 9.40. The molecular formula is C43H66N10O4S2. The van der Waals surface area contributed by atoms with Crippen LogP contribution in [0, 0.1) is 0 Å². The van der Waals surface area contributed by atoms with E-state index in [-0.39, 0.29) is 33.8 Å². The molecular weight excluding hydrogens is 785 g/mol. The number of amides is 4. The van der Waals surface area contributed by atoms with Crippen LogP contribution in [-0.4, -0.2) is 73.4 Å². The molecule has 0 spiro atoms. The van der Waals surface area contributed by atoms with Gasteiger partial charge in [0, 0.05) is 35.7 Å². The number of hydrogen-bond acceptors (Lipinski definition) is 12. The number of rotatable bonds is 21. The lowest BCUT2D eigenvalue weighted by molar-refractivity contribution is -0.118. The first kappa shape index (κ1) is 49.4. The van der Waals surface area contributed by atoms with Crippen molar-refractivity contribution < 1.29 is 19.2 Å². The summed E-state index contributed by atoms with van der Waals surface area (Å²) >= 11 is 2.81. The number of carbonyl (C=O) groups excluding carboxylic acids is 4. The first-order valence-corrected chi connectivity index (χ1v) is 22.1. The van der Waals surface area contributed by atoms with Crippen LogP contribution in [-0.2, 0) is 20.4 Å². The van der Waals surface area contributed by atoms with E-state index in [0.717, 1.165) is 24.0 Å². The molecule has 0 aliphatic carbocycles. The number of thioether (sulfide) groups is 2. The van der Waals surface area contributed by atoms with Crippen molar-refractivity contribution in [2.45, 2.75) is 106 Å². The Hall–Kier alpha value is -4.00. The molecule has 0 fully saturated rings. The maximum atomic E-state index is 14.1. The van der Waals surface area contributed by atoms with E-state index >= 15 is 0 Å². The number of nitrogens with one attached hydrogen (secondary N) is 4. The highest BCUT2D eigenvalue weighted by Crippen LogP contribution is 2.41. The van der Waals surface area contributed by atoms with Crippen molar-refractivity contribution in [3.63, 3.8) is 0 Å². The first-order valence-electron chi connectivity index (χ1n) is 20.1. The second-order valence-corrected chi connectivity index (χ2v) is 18.7. The zero-order valence-electron chi connectivity index (χ0n) is 35.5. The van der Waals surface area contributed by atoms with Crippen LogP contribution in [0.2, 0.25) is 0 Å². The monoisotopic (exact) mass is 850 g/mol. The minimum atomic E-state index is -0.761. The molecule has 0 aromatic heterocycles. The molecule has 0 bridgehead atoms. The molecule has 2 atom stereocenters. The summed E-state index contributed by atoms with van der Waals surface area (Å²) in [6.45, 7) is 13.9. The van der Waals surface area contributed by atoms with Gasteiger partial charge in [0.1, 0.15) is 0 Å². The Labute approximate surface area is 358 Å². The van der Waals surface area contributed by atoms with E-state index < -0.39 is 23.9 Å². The molecule has 16 heteroatoms. The van der Waals surface area contributed by atoms with Crippen LogP contribution in [0.3, 0.4) is 0 Å². The maximum Gasteiger partial charge on any atom is 0.255 e. The molecule has 0 unspecified atom stereocenters. The Morgan fingerprint density at radius 2 is 0.915 bits per heavy atom. The van der Waals surface area contributed by atoms with Crippen molar-refractivity contribution in [3.05, 3.63) is 70.8 Å². The van der Waals surface area contributed by atoms with Crippen LogP contribution in [0.15, 0.2) is 58.3 Å². The van der Waals surface area contributed by atoms with Gasteiger partial charge in [0.25, 0.3) is 11.8 Å². The summed E-state index contributed by atoms with van der Waals surface area (Å²) in [6.07, 6.45) is 3.01. The third kappa shape index (κ3) is 14.9. The van der Waals surface area contributed by atoms with Gasteiger partial charge in [0.15, 0.2) is 0 Å². The quantitative estimate of drug-likeness (QED) is 0.0484. The van der Waals surface area contributed by atoms with Crippen LogP contribution in [0.5, 0.6) is 0 Å². The van der Waals surface area contributed by atoms with Crippen LogP contribution in [0.4, 0.5) is 22.7 Å². The van der Waals surface area contributed by atoms with E-state index in [1.165, 1.54) is 29.6 Å². The van der Waals surface area contributed by atoms with Gasteiger partial charge in [0.05, 0.1) is 44.6 Å². The standard InChI is InChI=1S/C43H66N10O4S2/c1-42(2,3)28-22-32(36(58-19-17-46)34(24-28)52-40(56)30(48)13-7-8-15-44)50-38(54)26-11-9-12-27(21-26)39(55)51-33-23-29(43(4,5)6)25-35(37(33)59-20-18-47)53-41(57)31(49)14-10-16-45/h9,11-12,21-25,30-31H,7-8,10,13-20,44-49H2,1-6H3,(H,50,54)(H,51,55)(H,52,56)(H,53,57)/t30-,31-/m1/s1. The van der Waals surface area contributed by atoms with Gasteiger partial charge < -0.3 is 55.7 Å². The van der Waals surface area contributed by atoms with Gasteiger partial charge in [-0.2, -0.15) is 0 Å². The normalized spacial score (nSPS) is 12.7. The van der Waals surface area contributed by atoms with E-state index in [9.17, 15) is 19.2 Å². The fraction of sp³-hybridized carbons (Fsp3) is 0.488. The van der Waals surface area contributed by atoms with Gasteiger partial charge in [0.2, 0.25) is 11.8 Å². The molecule has 4 amide bonds. The third-order valence-corrected chi connectivity index (χ3v) is 11.7. The second-order valence-electron chi connectivity index (χ2n) is 16.5. The molecule has 14 nitrogen and oxygen atoms in total. The van der Waals surface area contributed by atoms with Gasteiger partial charge in [-0.25, -0.2) is 0 Å². The topological polar surface area (TPSA) is 273 Å². The molecule has 59 heavy (non-hydrogen) atoms. The first-order chi connectivity index (χ1) is 27.8. The number of carbonyl (C=O) groups is 4. The fourth-order valence-corrected chi connectivity index (χ4v) is 7.58. The molecule has 0 heterocycles. The summed E-state index contributed by atoms with van der Waals surface area (Å²) in [5.41, 5.74) is 39.1. The molecule has 0 saturated carbocycles. The summed E-state index contributed by atoms with van der Waals surface area (Å²) in [5, 5.41) is 12.1. The number of anilines is 4. The molecule has 3 aromatic carbocycles. The molecule has 0 radical (unpaired) electrons. The molecule has 3 rings (SSSR count). The average Bonchev–Trinajstić information content (AvgIpc) is 3.18. The van der Waals surface area contributed by atoms with Gasteiger partial charge in [-0.3, -0.25) is 19.2 Å². The van der Waals surface area contributed by atoms with Gasteiger partial charge in [-0.05, 0) is 103 Å². The fourth-order valence-electron chi connectivity index (χ4n) is 5.88. The van der Waals surface area contributed by atoms with E-state index in [1.807, 2.05) is 65.8 Å². The van der Waals surface area contributed by atoms with Crippen molar-refractivity contribution in [2.24, 2.45) is 34.4 Å². The van der Waals surface area contributed by atoms with Gasteiger partial charge in [-0.1, -0.05) is 54.0 Å². The second kappa shape index (κ2) is 23.1. The zero-order valence-corrected chi connectivity index (χ0v) is 37.1. The summed E-state index contributed by atoms with van der Waals surface area (Å²) in [7, 11) is 0. The SMILES string of the molecule is CC(C)(C)c1cc(NC(=O)c2cccc(C(=O)Nc3cc(C(C)(C)C)cc(NC(=O)[C@H](N)CCCCN)c3SCCN)c2)c(SCCN)c(NC(=O)[C@H](N)CCCN)c1. The Bertz CT molecular complexity index is 1910. The highest BCUT2D eigenvalue weighted by atomic mass is 32.2. The highest BCUT2D eigenvalue weighted by Gasteiger charge is 2.26. The van der Waals surface area contributed by atoms with E-state index in [1.54, 1.807) is 18.2 Å². The zero-order chi connectivity index (χ0) is 43.9. The lowest BCUT2D eigenvalue weighted by atomic mass is 9.86. The highest BCUT2D eigenvalue weighted by molar-refractivity contribution is 7.99.